The molecule has 6 nitrogen and oxygen atoms in total. The Morgan fingerprint density at radius 2 is 2.09 bits per heavy atom. The Morgan fingerprint density at radius 1 is 1.36 bits per heavy atom. The van der Waals surface area contributed by atoms with E-state index in [1.54, 1.807) is 13.8 Å². The average molecular weight is 326 g/mol. The summed E-state index contributed by atoms with van der Waals surface area (Å²) in [6.45, 7) is 4.99. The van der Waals surface area contributed by atoms with Gasteiger partial charge in [-0.15, -0.1) is 0 Å². The summed E-state index contributed by atoms with van der Waals surface area (Å²) < 4.78 is 43.8. The summed E-state index contributed by atoms with van der Waals surface area (Å²) in [6, 6.07) is 3.86. The standard InChI is InChI=1S/C14H15FN2O4S/c1-8(22(18,19)12-7-14(2,3)21-16-12)13-10-6-9(15)4-5-11(10)20-17-13/h4-6,8H,7H2,1-3H3/t8-/m1/s1. The number of halogens is 1. The molecule has 3 rings (SSSR count). The van der Waals surface area contributed by atoms with Gasteiger partial charge in [-0.1, -0.05) is 10.3 Å². The summed E-state index contributed by atoms with van der Waals surface area (Å²) >= 11 is 0. The van der Waals surface area contributed by atoms with Crippen LogP contribution in [0.2, 0.25) is 0 Å². The summed E-state index contributed by atoms with van der Waals surface area (Å²) in [4.78, 5) is 5.12. The first-order valence-corrected chi connectivity index (χ1v) is 8.29. The van der Waals surface area contributed by atoms with Crippen molar-refractivity contribution in [1.29, 1.82) is 0 Å². The third-order valence-corrected chi connectivity index (χ3v) is 5.64. The van der Waals surface area contributed by atoms with E-state index in [1.807, 2.05) is 0 Å². The number of hydrogen-bond acceptors (Lipinski definition) is 6. The van der Waals surface area contributed by atoms with Gasteiger partial charge in [-0.05, 0) is 39.0 Å². The SMILES string of the molecule is C[C@H](c1noc2ccc(F)cc12)S(=O)(=O)C1=NOC(C)(C)C1. The second-order valence-electron chi connectivity index (χ2n) is 5.91. The van der Waals surface area contributed by atoms with Gasteiger partial charge in [0.05, 0.1) is 0 Å². The van der Waals surface area contributed by atoms with Gasteiger partial charge in [0, 0.05) is 11.8 Å². The van der Waals surface area contributed by atoms with Gasteiger partial charge in [0.2, 0.25) is 9.84 Å². The fraction of sp³-hybridized carbons (Fsp3) is 0.429. The van der Waals surface area contributed by atoms with E-state index >= 15 is 0 Å². The lowest BCUT2D eigenvalue weighted by molar-refractivity contribution is 0.0123. The van der Waals surface area contributed by atoms with Gasteiger partial charge in [0.25, 0.3) is 0 Å². The van der Waals surface area contributed by atoms with Crippen LogP contribution in [0.25, 0.3) is 11.0 Å². The van der Waals surface area contributed by atoms with Crippen molar-refractivity contribution in [2.45, 2.75) is 38.0 Å². The predicted octanol–water partition coefficient (Wildman–Crippen LogP) is 2.96. The highest BCUT2D eigenvalue weighted by molar-refractivity contribution is 8.06. The molecular weight excluding hydrogens is 311 g/mol. The van der Waals surface area contributed by atoms with Crippen molar-refractivity contribution in [2.24, 2.45) is 5.16 Å². The number of fused-ring (bicyclic) bond motifs is 1. The lowest BCUT2D eigenvalue weighted by Gasteiger charge is -2.14. The molecule has 0 saturated carbocycles. The van der Waals surface area contributed by atoms with Crippen LogP contribution in [0.1, 0.15) is 38.1 Å². The Bertz CT molecular complexity index is 870. The largest absolute Gasteiger partial charge is 0.389 e. The van der Waals surface area contributed by atoms with Gasteiger partial charge in [-0.3, -0.25) is 0 Å². The first-order chi connectivity index (χ1) is 10.2. The molecule has 0 N–H and O–H groups in total. The summed E-state index contributed by atoms with van der Waals surface area (Å²) in [6.07, 6.45) is 0.184. The number of benzene rings is 1. The Balaban J connectivity index is 2.02. The second kappa shape index (κ2) is 4.77. The van der Waals surface area contributed by atoms with Crippen LogP contribution in [0.3, 0.4) is 0 Å². The van der Waals surface area contributed by atoms with Crippen LogP contribution in [-0.2, 0) is 14.7 Å². The van der Waals surface area contributed by atoms with Gasteiger partial charge < -0.3 is 9.36 Å². The number of nitrogens with zero attached hydrogens (tertiary/aromatic N) is 2. The van der Waals surface area contributed by atoms with Crippen molar-refractivity contribution in [1.82, 2.24) is 5.16 Å². The topological polar surface area (TPSA) is 81.8 Å². The molecule has 0 fully saturated rings. The van der Waals surface area contributed by atoms with Crippen LogP contribution >= 0.6 is 0 Å². The third kappa shape index (κ3) is 2.37. The van der Waals surface area contributed by atoms with Crippen LogP contribution in [0.15, 0.2) is 27.9 Å². The molecule has 0 unspecified atom stereocenters. The van der Waals surface area contributed by atoms with Crippen molar-refractivity contribution in [3.05, 3.63) is 29.7 Å². The van der Waals surface area contributed by atoms with E-state index in [4.69, 9.17) is 9.36 Å². The first-order valence-electron chi connectivity index (χ1n) is 6.74. The molecule has 1 aromatic carbocycles. The fourth-order valence-corrected chi connectivity index (χ4v) is 3.89. The third-order valence-electron chi connectivity index (χ3n) is 3.61. The Kier molecular flexibility index (Phi) is 3.24. The average Bonchev–Trinajstić information content (AvgIpc) is 3.01. The van der Waals surface area contributed by atoms with E-state index in [0.717, 1.165) is 0 Å². The van der Waals surface area contributed by atoms with Crippen LogP contribution in [0.4, 0.5) is 4.39 Å². The van der Waals surface area contributed by atoms with Crippen molar-refractivity contribution >= 4 is 25.9 Å². The lowest BCUT2D eigenvalue weighted by Crippen LogP contribution is -2.25. The molecule has 0 aliphatic carbocycles. The molecule has 22 heavy (non-hydrogen) atoms. The van der Waals surface area contributed by atoms with Crippen molar-refractivity contribution in [3.63, 3.8) is 0 Å². The van der Waals surface area contributed by atoms with E-state index < -0.39 is 26.5 Å². The molecule has 0 amide bonds. The van der Waals surface area contributed by atoms with E-state index in [9.17, 15) is 12.8 Å². The maximum atomic E-state index is 13.4. The minimum absolute atomic E-state index is 0.0300. The van der Waals surface area contributed by atoms with Crippen molar-refractivity contribution in [2.75, 3.05) is 0 Å². The number of sulfone groups is 1. The maximum absolute atomic E-state index is 13.4. The highest BCUT2D eigenvalue weighted by Crippen LogP contribution is 2.34. The van der Waals surface area contributed by atoms with Gasteiger partial charge in [-0.25, -0.2) is 12.8 Å². The number of oxime groups is 1. The number of aromatic nitrogens is 1. The summed E-state index contributed by atoms with van der Waals surface area (Å²) in [5, 5.41) is 6.78. The molecule has 118 valence electrons. The van der Waals surface area contributed by atoms with Crippen LogP contribution in [0, 0.1) is 5.82 Å². The molecule has 2 heterocycles. The van der Waals surface area contributed by atoms with Crippen LogP contribution in [0.5, 0.6) is 0 Å². The zero-order valence-electron chi connectivity index (χ0n) is 12.3. The highest BCUT2D eigenvalue weighted by Gasteiger charge is 2.40. The maximum Gasteiger partial charge on any atom is 0.203 e. The van der Waals surface area contributed by atoms with Crippen LogP contribution in [-0.4, -0.2) is 24.2 Å². The number of rotatable bonds is 2. The summed E-state index contributed by atoms with van der Waals surface area (Å²) in [5.41, 5.74) is -0.148. The molecule has 0 saturated heterocycles. The quantitative estimate of drug-likeness (QED) is 0.847. The Morgan fingerprint density at radius 3 is 2.73 bits per heavy atom. The molecular formula is C14H15FN2O4S. The zero-order valence-corrected chi connectivity index (χ0v) is 13.1. The molecule has 1 aliphatic heterocycles. The normalized spacial score (nSPS) is 19.0. The van der Waals surface area contributed by atoms with Crippen LogP contribution < -0.4 is 0 Å². The zero-order chi connectivity index (χ0) is 16.1. The molecule has 1 aromatic heterocycles. The van der Waals surface area contributed by atoms with Gasteiger partial charge in [-0.2, -0.15) is 0 Å². The van der Waals surface area contributed by atoms with E-state index in [2.05, 4.69) is 10.3 Å². The first kappa shape index (κ1) is 15.0. The molecule has 0 bridgehead atoms. The lowest BCUT2D eigenvalue weighted by atomic mass is 10.1. The molecule has 1 atom stereocenters. The van der Waals surface area contributed by atoms with Crippen molar-refractivity contribution < 1.29 is 22.2 Å². The molecule has 1 aliphatic rings. The Hall–Kier alpha value is -1.96. The monoisotopic (exact) mass is 326 g/mol. The summed E-state index contributed by atoms with van der Waals surface area (Å²) in [5.74, 6) is -0.482. The van der Waals surface area contributed by atoms with E-state index in [1.165, 1.54) is 25.1 Å². The van der Waals surface area contributed by atoms with E-state index in [-0.39, 0.29) is 17.2 Å². The summed E-state index contributed by atoms with van der Waals surface area (Å²) in [7, 11) is -3.76. The highest BCUT2D eigenvalue weighted by atomic mass is 32.2. The number of hydrogen-bond donors (Lipinski definition) is 0. The Labute approximate surface area is 126 Å². The van der Waals surface area contributed by atoms with E-state index in [0.29, 0.717) is 11.0 Å². The fourth-order valence-electron chi connectivity index (χ4n) is 2.33. The molecule has 0 spiro atoms. The minimum Gasteiger partial charge on any atom is -0.389 e. The molecule has 8 heteroatoms. The predicted molar refractivity (Wildman–Crippen MR) is 78.5 cm³/mol. The second-order valence-corrected chi connectivity index (χ2v) is 8.18. The van der Waals surface area contributed by atoms with Crippen molar-refractivity contribution in [3.8, 4) is 0 Å². The smallest absolute Gasteiger partial charge is 0.203 e. The van der Waals surface area contributed by atoms with Gasteiger partial charge in [0.1, 0.15) is 22.4 Å². The molecule has 2 aromatic rings. The van der Waals surface area contributed by atoms with Gasteiger partial charge in [0.15, 0.2) is 10.6 Å². The molecule has 0 radical (unpaired) electrons. The minimum atomic E-state index is -3.76. The van der Waals surface area contributed by atoms with Gasteiger partial charge >= 0.3 is 0 Å².